The van der Waals surface area contributed by atoms with Crippen molar-refractivity contribution in [3.8, 4) is 0 Å². The van der Waals surface area contributed by atoms with Gasteiger partial charge in [-0.1, -0.05) is 0 Å². The van der Waals surface area contributed by atoms with E-state index in [2.05, 4.69) is 0 Å². The first-order valence-corrected chi connectivity index (χ1v) is 4.70. The Morgan fingerprint density at radius 1 is 1.43 bits per heavy atom. The molecule has 0 saturated carbocycles. The minimum absolute atomic E-state index is 0.00333. The zero-order chi connectivity index (χ0) is 10.6. The second-order valence-electron chi connectivity index (χ2n) is 3.45. The van der Waals surface area contributed by atoms with Crippen molar-refractivity contribution in [1.82, 2.24) is 0 Å². The fourth-order valence-electron chi connectivity index (χ4n) is 1.16. The van der Waals surface area contributed by atoms with Crippen molar-refractivity contribution in [2.24, 2.45) is 0 Å². The SMILES string of the molecule is CC(C)OC(=O)OC1=CC(=O)CCC1. The van der Waals surface area contributed by atoms with Crippen molar-refractivity contribution in [2.75, 3.05) is 0 Å². The maximum Gasteiger partial charge on any atom is 0.513 e. The van der Waals surface area contributed by atoms with Gasteiger partial charge in [0.25, 0.3) is 0 Å². The zero-order valence-corrected chi connectivity index (χ0v) is 8.41. The van der Waals surface area contributed by atoms with Crippen molar-refractivity contribution in [3.63, 3.8) is 0 Å². The first-order chi connectivity index (χ1) is 6.58. The Balaban J connectivity index is 2.43. The molecule has 0 fully saturated rings. The van der Waals surface area contributed by atoms with Crippen LogP contribution in [0.4, 0.5) is 4.79 Å². The van der Waals surface area contributed by atoms with Gasteiger partial charge >= 0.3 is 6.16 Å². The van der Waals surface area contributed by atoms with Gasteiger partial charge in [-0.2, -0.15) is 0 Å². The minimum Gasteiger partial charge on any atom is -0.431 e. The molecule has 0 saturated heterocycles. The Bertz CT molecular complexity index is 265. The summed E-state index contributed by atoms with van der Waals surface area (Å²) in [4.78, 5) is 22.0. The quantitative estimate of drug-likeness (QED) is 0.638. The van der Waals surface area contributed by atoms with Crippen LogP contribution in [0.5, 0.6) is 0 Å². The zero-order valence-electron chi connectivity index (χ0n) is 8.41. The third kappa shape index (κ3) is 3.60. The Morgan fingerprint density at radius 2 is 2.14 bits per heavy atom. The van der Waals surface area contributed by atoms with Gasteiger partial charge in [-0.3, -0.25) is 4.79 Å². The highest BCUT2D eigenvalue weighted by Crippen LogP contribution is 2.16. The predicted octanol–water partition coefficient (Wildman–Crippen LogP) is 2.18. The molecule has 78 valence electrons. The van der Waals surface area contributed by atoms with Crippen LogP contribution in [0.2, 0.25) is 0 Å². The molecule has 0 unspecified atom stereocenters. The molecule has 0 heterocycles. The second kappa shape index (κ2) is 4.79. The maximum atomic E-state index is 11.0. The van der Waals surface area contributed by atoms with Crippen LogP contribution in [0, 0.1) is 0 Å². The summed E-state index contributed by atoms with van der Waals surface area (Å²) in [7, 11) is 0. The number of hydrogen-bond acceptors (Lipinski definition) is 4. The molecule has 1 rings (SSSR count). The molecule has 0 aromatic heterocycles. The van der Waals surface area contributed by atoms with Crippen molar-refractivity contribution in [2.45, 2.75) is 39.2 Å². The molecule has 0 aromatic rings. The summed E-state index contributed by atoms with van der Waals surface area (Å²) in [5.41, 5.74) is 0. The van der Waals surface area contributed by atoms with Gasteiger partial charge in [-0.05, 0) is 20.3 Å². The van der Waals surface area contributed by atoms with E-state index in [1.165, 1.54) is 6.08 Å². The molecule has 0 aromatic carbocycles. The smallest absolute Gasteiger partial charge is 0.431 e. The Kier molecular flexibility index (Phi) is 3.68. The minimum atomic E-state index is -0.735. The molecule has 0 atom stereocenters. The van der Waals surface area contributed by atoms with Crippen molar-refractivity contribution >= 4 is 11.9 Å². The lowest BCUT2D eigenvalue weighted by Crippen LogP contribution is -2.15. The summed E-state index contributed by atoms with van der Waals surface area (Å²) in [6.45, 7) is 3.48. The lowest BCUT2D eigenvalue weighted by molar-refractivity contribution is -0.115. The average Bonchev–Trinajstić information content (AvgIpc) is 2.01. The summed E-state index contributed by atoms with van der Waals surface area (Å²) < 4.78 is 9.63. The maximum absolute atomic E-state index is 11.0. The average molecular weight is 198 g/mol. The highest BCUT2D eigenvalue weighted by Gasteiger charge is 2.15. The first kappa shape index (κ1) is 10.8. The van der Waals surface area contributed by atoms with Crippen LogP contribution in [0.25, 0.3) is 0 Å². The van der Waals surface area contributed by atoms with E-state index in [-0.39, 0.29) is 11.9 Å². The van der Waals surface area contributed by atoms with Gasteiger partial charge in [0.05, 0.1) is 6.10 Å². The number of rotatable bonds is 2. The van der Waals surface area contributed by atoms with E-state index < -0.39 is 6.16 Å². The van der Waals surface area contributed by atoms with E-state index in [1.807, 2.05) is 0 Å². The molecule has 14 heavy (non-hydrogen) atoms. The van der Waals surface area contributed by atoms with Crippen LogP contribution in [0.15, 0.2) is 11.8 Å². The highest BCUT2D eigenvalue weighted by atomic mass is 16.7. The van der Waals surface area contributed by atoms with Crippen LogP contribution < -0.4 is 0 Å². The van der Waals surface area contributed by atoms with Gasteiger partial charge < -0.3 is 9.47 Å². The van der Waals surface area contributed by atoms with Gasteiger partial charge in [-0.25, -0.2) is 4.79 Å². The molecule has 0 N–H and O–H groups in total. The summed E-state index contributed by atoms with van der Waals surface area (Å²) in [6, 6.07) is 0. The van der Waals surface area contributed by atoms with E-state index in [4.69, 9.17) is 9.47 Å². The van der Waals surface area contributed by atoms with Crippen LogP contribution in [0.1, 0.15) is 33.1 Å². The third-order valence-electron chi connectivity index (χ3n) is 1.71. The van der Waals surface area contributed by atoms with Crippen LogP contribution >= 0.6 is 0 Å². The molecule has 0 aliphatic heterocycles. The van der Waals surface area contributed by atoms with E-state index in [0.29, 0.717) is 18.6 Å². The van der Waals surface area contributed by atoms with Crippen LogP contribution in [-0.4, -0.2) is 18.0 Å². The molecule has 4 nitrogen and oxygen atoms in total. The molecule has 1 aliphatic carbocycles. The van der Waals surface area contributed by atoms with Gasteiger partial charge in [0.2, 0.25) is 0 Å². The van der Waals surface area contributed by atoms with E-state index in [1.54, 1.807) is 13.8 Å². The monoisotopic (exact) mass is 198 g/mol. The molecular formula is C10H14O4. The van der Waals surface area contributed by atoms with E-state index in [9.17, 15) is 9.59 Å². The number of hydrogen-bond donors (Lipinski definition) is 0. The molecule has 1 aliphatic rings. The summed E-state index contributed by atoms with van der Waals surface area (Å²) in [6.07, 6.45) is 2.32. The van der Waals surface area contributed by atoms with Gasteiger partial charge in [0, 0.05) is 18.9 Å². The number of carbonyl (C=O) groups is 2. The van der Waals surface area contributed by atoms with E-state index in [0.717, 1.165) is 6.42 Å². The first-order valence-electron chi connectivity index (χ1n) is 4.70. The molecule has 0 spiro atoms. The second-order valence-corrected chi connectivity index (χ2v) is 3.45. The van der Waals surface area contributed by atoms with Crippen LogP contribution in [-0.2, 0) is 14.3 Å². The lowest BCUT2D eigenvalue weighted by Gasteiger charge is -2.13. The Labute approximate surface area is 82.9 Å². The van der Waals surface area contributed by atoms with Crippen molar-refractivity contribution in [1.29, 1.82) is 0 Å². The van der Waals surface area contributed by atoms with Gasteiger partial charge in [0.15, 0.2) is 5.78 Å². The fourth-order valence-corrected chi connectivity index (χ4v) is 1.16. The molecule has 4 heteroatoms. The Hall–Kier alpha value is -1.32. The molecule has 0 radical (unpaired) electrons. The molecule has 0 bridgehead atoms. The predicted molar refractivity (Wildman–Crippen MR) is 49.6 cm³/mol. The fraction of sp³-hybridized carbons (Fsp3) is 0.600. The van der Waals surface area contributed by atoms with Crippen LogP contribution in [0.3, 0.4) is 0 Å². The largest absolute Gasteiger partial charge is 0.513 e. The summed E-state index contributed by atoms with van der Waals surface area (Å²) in [5, 5.41) is 0. The topological polar surface area (TPSA) is 52.6 Å². The van der Waals surface area contributed by atoms with Crippen molar-refractivity contribution < 1.29 is 19.1 Å². The molecule has 0 amide bonds. The van der Waals surface area contributed by atoms with E-state index >= 15 is 0 Å². The normalized spacial score (nSPS) is 16.5. The standard InChI is InChI=1S/C10H14O4/c1-7(2)13-10(12)14-9-5-3-4-8(11)6-9/h6-7H,3-5H2,1-2H3. The van der Waals surface area contributed by atoms with Crippen molar-refractivity contribution in [3.05, 3.63) is 11.8 Å². The number of carbonyl (C=O) groups excluding carboxylic acids is 2. The Morgan fingerprint density at radius 3 is 2.71 bits per heavy atom. The van der Waals surface area contributed by atoms with Gasteiger partial charge in [0.1, 0.15) is 5.76 Å². The number of allylic oxidation sites excluding steroid dienone is 2. The summed E-state index contributed by atoms with van der Waals surface area (Å²) in [5.74, 6) is 0.412. The van der Waals surface area contributed by atoms with Gasteiger partial charge in [-0.15, -0.1) is 0 Å². The summed E-state index contributed by atoms with van der Waals surface area (Å²) >= 11 is 0. The number of ketones is 1. The number of ether oxygens (including phenoxy) is 2. The molecular weight excluding hydrogens is 184 g/mol. The highest BCUT2D eigenvalue weighted by molar-refractivity contribution is 5.91. The third-order valence-corrected chi connectivity index (χ3v) is 1.71. The lowest BCUT2D eigenvalue weighted by atomic mass is 10.1.